The second-order valence-corrected chi connectivity index (χ2v) is 6.03. The van der Waals surface area contributed by atoms with Gasteiger partial charge < -0.3 is 19.5 Å². The molecule has 0 heterocycles. The third-order valence-corrected chi connectivity index (χ3v) is 4.31. The van der Waals surface area contributed by atoms with E-state index in [0.717, 1.165) is 12.0 Å². The van der Waals surface area contributed by atoms with E-state index >= 15 is 0 Å². The summed E-state index contributed by atoms with van der Waals surface area (Å²) in [5.74, 6) is 1.65. The molecule has 0 bridgehead atoms. The standard InChI is InChI=1S/C20H24ClNO4/c1-5-16(13-7-10-18(24-3)19(12-13)25-4)22-20(23)14-8-9-17(26-6-2)15(21)11-14/h7-12,16H,5-6H2,1-4H3,(H,22,23). The molecule has 2 aromatic carbocycles. The summed E-state index contributed by atoms with van der Waals surface area (Å²) < 4.78 is 16.0. The van der Waals surface area contributed by atoms with Gasteiger partial charge in [0, 0.05) is 5.56 Å². The third-order valence-electron chi connectivity index (χ3n) is 4.02. The summed E-state index contributed by atoms with van der Waals surface area (Å²) in [5.41, 5.74) is 1.42. The zero-order valence-electron chi connectivity index (χ0n) is 15.5. The van der Waals surface area contributed by atoms with Gasteiger partial charge in [0.25, 0.3) is 5.91 Å². The summed E-state index contributed by atoms with van der Waals surface area (Å²) in [6.07, 6.45) is 0.728. The van der Waals surface area contributed by atoms with Crippen molar-refractivity contribution in [2.75, 3.05) is 20.8 Å². The summed E-state index contributed by atoms with van der Waals surface area (Å²) >= 11 is 6.18. The van der Waals surface area contributed by atoms with Crippen LogP contribution in [0, 0.1) is 0 Å². The van der Waals surface area contributed by atoms with E-state index in [-0.39, 0.29) is 11.9 Å². The highest BCUT2D eigenvalue weighted by Crippen LogP contribution is 2.31. The number of amides is 1. The maximum absolute atomic E-state index is 12.6. The van der Waals surface area contributed by atoms with Gasteiger partial charge in [0.05, 0.1) is 31.9 Å². The Morgan fingerprint density at radius 3 is 2.31 bits per heavy atom. The molecule has 0 aliphatic carbocycles. The number of benzene rings is 2. The minimum atomic E-state index is -0.198. The molecule has 140 valence electrons. The van der Waals surface area contributed by atoms with Crippen LogP contribution in [0.1, 0.15) is 42.2 Å². The first-order valence-electron chi connectivity index (χ1n) is 8.49. The molecule has 1 unspecified atom stereocenters. The lowest BCUT2D eigenvalue weighted by molar-refractivity contribution is 0.0935. The second kappa shape index (κ2) is 9.34. The normalized spacial score (nSPS) is 11.6. The average molecular weight is 378 g/mol. The fraction of sp³-hybridized carbons (Fsp3) is 0.350. The summed E-state index contributed by atoms with van der Waals surface area (Å²) in [5, 5.41) is 3.45. The highest BCUT2D eigenvalue weighted by molar-refractivity contribution is 6.32. The fourth-order valence-corrected chi connectivity index (χ4v) is 2.88. The Hall–Kier alpha value is -2.40. The number of rotatable bonds is 8. The zero-order valence-corrected chi connectivity index (χ0v) is 16.2. The maximum atomic E-state index is 12.6. The van der Waals surface area contributed by atoms with Crippen LogP contribution in [0.2, 0.25) is 5.02 Å². The molecule has 0 saturated heterocycles. The minimum absolute atomic E-state index is 0.160. The number of hydrogen-bond acceptors (Lipinski definition) is 4. The van der Waals surface area contributed by atoms with Gasteiger partial charge >= 0.3 is 0 Å². The molecule has 0 spiro atoms. The van der Waals surface area contributed by atoms with Crippen molar-refractivity contribution in [3.05, 3.63) is 52.5 Å². The predicted molar refractivity (Wildman–Crippen MR) is 103 cm³/mol. The van der Waals surface area contributed by atoms with Crippen molar-refractivity contribution in [2.24, 2.45) is 0 Å². The number of hydrogen-bond donors (Lipinski definition) is 1. The van der Waals surface area contributed by atoms with Crippen LogP contribution in [0.4, 0.5) is 0 Å². The maximum Gasteiger partial charge on any atom is 0.251 e. The van der Waals surface area contributed by atoms with Gasteiger partial charge in [-0.15, -0.1) is 0 Å². The number of ether oxygens (including phenoxy) is 3. The monoisotopic (exact) mass is 377 g/mol. The topological polar surface area (TPSA) is 56.8 Å². The summed E-state index contributed by atoms with van der Waals surface area (Å²) in [7, 11) is 3.18. The van der Waals surface area contributed by atoms with Gasteiger partial charge in [0.15, 0.2) is 11.5 Å². The lowest BCUT2D eigenvalue weighted by Crippen LogP contribution is -2.28. The van der Waals surface area contributed by atoms with E-state index in [9.17, 15) is 4.79 Å². The zero-order chi connectivity index (χ0) is 19.1. The summed E-state index contributed by atoms with van der Waals surface area (Å²) in [6, 6.07) is 10.5. The Morgan fingerprint density at radius 2 is 1.73 bits per heavy atom. The SMILES string of the molecule is CCOc1ccc(C(=O)NC(CC)c2ccc(OC)c(OC)c2)cc1Cl. The van der Waals surface area contributed by atoms with Gasteiger partial charge in [-0.1, -0.05) is 24.6 Å². The van der Waals surface area contributed by atoms with Crippen molar-refractivity contribution in [3.63, 3.8) is 0 Å². The molecule has 0 aliphatic rings. The highest BCUT2D eigenvalue weighted by Gasteiger charge is 2.17. The van der Waals surface area contributed by atoms with Gasteiger partial charge in [-0.25, -0.2) is 0 Å². The number of carbonyl (C=O) groups is 1. The van der Waals surface area contributed by atoms with Gasteiger partial charge in [-0.3, -0.25) is 4.79 Å². The molecule has 0 radical (unpaired) electrons. The Bertz CT molecular complexity index is 763. The molecule has 0 fully saturated rings. The number of halogens is 1. The van der Waals surface area contributed by atoms with E-state index in [1.54, 1.807) is 32.4 Å². The largest absolute Gasteiger partial charge is 0.493 e. The summed E-state index contributed by atoms with van der Waals surface area (Å²) in [4.78, 5) is 12.6. The Labute approximate surface area is 159 Å². The smallest absolute Gasteiger partial charge is 0.251 e. The van der Waals surface area contributed by atoms with E-state index in [1.807, 2.05) is 32.0 Å². The lowest BCUT2D eigenvalue weighted by Gasteiger charge is -2.19. The molecule has 2 aromatic rings. The molecule has 2 rings (SSSR count). The third kappa shape index (κ3) is 4.61. The first-order chi connectivity index (χ1) is 12.5. The van der Waals surface area contributed by atoms with Gasteiger partial charge in [-0.05, 0) is 49.2 Å². The molecular formula is C20H24ClNO4. The van der Waals surface area contributed by atoms with Crippen molar-refractivity contribution >= 4 is 17.5 Å². The van der Waals surface area contributed by atoms with Crippen molar-refractivity contribution in [1.82, 2.24) is 5.32 Å². The van der Waals surface area contributed by atoms with Crippen LogP contribution in [-0.2, 0) is 0 Å². The number of methoxy groups -OCH3 is 2. The van der Waals surface area contributed by atoms with Crippen molar-refractivity contribution in [3.8, 4) is 17.2 Å². The van der Waals surface area contributed by atoms with Gasteiger partial charge in [0.1, 0.15) is 5.75 Å². The van der Waals surface area contributed by atoms with Crippen molar-refractivity contribution < 1.29 is 19.0 Å². The molecule has 0 aromatic heterocycles. The lowest BCUT2D eigenvalue weighted by atomic mass is 10.0. The molecule has 1 amide bonds. The average Bonchev–Trinajstić information content (AvgIpc) is 2.67. The Balaban J connectivity index is 2.19. The van der Waals surface area contributed by atoms with Gasteiger partial charge in [0.2, 0.25) is 0 Å². The number of carbonyl (C=O) groups excluding carboxylic acids is 1. The quantitative estimate of drug-likeness (QED) is 0.728. The van der Waals surface area contributed by atoms with E-state index in [0.29, 0.717) is 34.4 Å². The van der Waals surface area contributed by atoms with Crippen molar-refractivity contribution in [2.45, 2.75) is 26.3 Å². The second-order valence-electron chi connectivity index (χ2n) is 5.63. The van der Waals surface area contributed by atoms with Crippen LogP contribution in [0.3, 0.4) is 0 Å². The van der Waals surface area contributed by atoms with E-state index in [4.69, 9.17) is 25.8 Å². The molecule has 1 atom stereocenters. The van der Waals surface area contributed by atoms with Crippen molar-refractivity contribution in [1.29, 1.82) is 0 Å². The van der Waals surface area contributed by atoms with Crippen LogP contribution in [0.5, 0.6) is 17.2 Å². The van der Waals surface area contributed by atoms with Crippen LogP contribution >= 0.6 is 11.6 Å². The van der Waals surface area contributed by atoms with Crippen LogP contribution in [0.25, 0.3) is 0 Å². The van der Waals surface area contributed by atoms with Crippen LogP contribution in [-0.4, -0.2) is 26.7 Å². The Morgan fingerprint density at radius 1 is 1.04 bits per heavy atom. The predicted octanol–water partition coefficient (Wildman–Crippen LogP) is 4.64. The molecule has 26 heavy (non-hydrogen) atoms. The van der Waals surface area contributed by atoms with E-state index in [2.05, 4.69) is 5.32 Å². The fourth-order valence-electron chi connectivity index (χ4n) is 2.65. The van der Waals surface area contributed by atoms with Gasteiger partial charge in [-0.2, -0.15) is 0 Å². The minimum Gasteiger partial charge on any atom is -0.493 e. The molecule has 0 saturated carbocycles. The van der Waals surface area contributed by atoms with E-state index < -0.39 is 0 Å². The van der Waals surface area contributed by atoms with Crippen LogP contribution in [0.15, 0.2) is 36.4 Å². The molecule has 0 aliphatic heterocycles. The molecule has 1 N–H and O–H groups in total. The Kier molecular flexibility index (Phi) is 7.16. The molecule has 6 heteroatoms. The highest BCUT2D eigenvalue weighted by atomic mass is 35.5. The first kappa shape index (κ1) is 19.9. The molecule has 5 nitrogen and oxygen atoms in total. The van der Waals surface area contributed by atoms with Crippen LogP contribution < -0.4 is 19.5 Å². The molecular weight excluding hydrogens is 354 g/mol. The number of nitrogens with one attached hydrogen (secondary N) is 1. The first-order valence-corrected chi connectivity index (χ1v) is 8.86. The summed E-state index contributed by atoms with van der Waals surface area (Å²) in [6.45, 7) is 4.40. The van der Waals surface area contributed by atoms with E-state index in [1.165, 1.54) is 0 Å².